The van der Waals surface area contributed by atoms with Crippen LogP contribution in [0.3, 0.4) is 0 Å². The van der Waals surface area contributed by atoms with Crippen LogP contribution in [0.25, 0.3) is 0 Å². The van der Waals surface area contributed by atoms with Crippen LogP contribution in [0.2, 0.25) is 0 Å². The SMILES string of the molecule is NC(=O)c1cnccc1N1CCCN(CCCc2ccccc2)CC1. The quantitative estimate of drug-likeness (QED) is 0.878. The minimum Gasteiger partial charge on any atom is -0.369 e. The van der Waals surface area contributed by atoms with Crippen LogP contribution in [0.5, 0.6) is 0 Å². The summed E-state index contributed by atoms with van der Waals surface area (Å²) in [6.45, 7) is 5.08. The third-order valence-electron chi connectivity index (χ3n) is 4.78. The lowest BCUT2D eigenvalue weighted by Gasteiger charge is -2.25. The van der Waals surface area contributed by atoms with Crippen molar-refractivity contribution in [2.75, 3.05) is 37.6 Å². The third kappa shape index (κ3) is 4.79. The van der Waals surface area contributed by atoms with Crippen LogP contribution >= 0.6 is 0 Å². The first-order valence-electron chi connectivity index (χ1n) is 8.99. The normalized spacial score (nSPS) is 15.8. The van der Waals surface area contributed by atoms with Crippen molar-refractivity contribution in [2.45, 2.75) is 19.3 Å². The first-order chi connectivity index (χ1) is 12.2. The van der Waals surface area contributed by atoms with Gasteiger partial charge < -0.3 is 15.5 Å². The number of carbonyl (C=O) groups is 1. The number of aromatic nitrogens is 1. The van der Waals surface area contributed by atoms with Crippen LogP contribution in [0.4, 0.5) is 5.69 Å². The van der Waals surface area contributed by atoms with Gasteiger partial charge in [0.2, 0.25) is 0 Å². The van der Waals surface area contributed by atoms with Crippen molar-refractivity contribution in [1.29, 1.82) is 0 Å². The molecule has 0 saturated carbocycles. The number of benzene rings is 1. The van der Waals surface area contributed by atoms with Gasteiger partial charge >= 0.3 is 0 Å². The van der Waals surface area contributed by atoms with Crippen LogP contribution in [-0.4, -0.2) is 48.5 Å². The molecule has 2 heterocycles. The molecule has 0 aliphatic carbocycles. The largest absolute Gasteiger partial charge is 0.369 e. The van der Waals surface area contributed by atoms with Gasteiger partial charge in [0.25, 0.3) is 5.91 Å². The van der Waals surface area contributed by atoms with Crippen LogP contribution in [0.1, 0.15) is 28.8 Å². The van der Waals surface area contributed by atoms with Crippen LogP contribution < -0.4 is 10.6 Å². The number of carbonyl (C=O) groups excluding carboxylic acids is 1. The second-order valence-corrected chi connectivity index (χ2v) is 6.53. The summed E-state index contributed by atoms with van der Waals surface area (Å²) >= 11 is 0. The van der Waals surface area contributed by atoms with Crippen molar-refractivity contribution in [3.63, 3.8) is 0 Å². The van der Waals surface area contributed by atoms with E-state index in [0.717, 1.165) is 51.3 Å². The highest BCUT2D eigenvalue weighted by Gasteiger charge is 2.18. The lowest BCUT2D eigenvalue weighted by atomic mass is 10.1. The maximum Gasteiger partial charge on any atom is 0.252 e. The fraction of sp³-hybridized carbons (Fsp3) is 0.400. The number of hydrogen-bond donors (Lipinski definition) is 1. The van der Waals surface area contributed by atoms with Gasteiger partial charge in [-0.3, -0.25) is 9.78 Å². The van der Waals surface area contributed by atoms with Crippen molar-refractivity contribution in [2.24, 2.45) is 5.73 Å². The molecule has 5 heteroatoms. The summed E-state index contributed by atoms with van der Waals surface area (Å²) in [6.07, 6.45) is 6.68. The molecule has 1 aromatic heterocycles. The van der Waals surface area contributed by atoms with Gasteiger partial charge in [0.05, 0.1) is 11.3 Å². The predicted octanol–water partition coefficient (Wildman–Crippen LogP) is 2.33. The van der Waals surface area contributed by atoms with Crippen molar-refractivity contribution in [3.8, 4) is 0 Å². The molecule has 0 atom stereocenters. The molecule has 2 aromatic rings. The summed E-state index contributed by atoms with van der Waals surface area (Å²) in [5.41, 5.74) is 8.32. The molecule has 1 saturated heterocycles. The molecule has 1 aliphatic rings. The number of amides is 1. The molecule has 1 aliphatic heterocycles. The van der Waals surface area contributed by atoms with Crippen molar-refractivity contribution < 1.29 is 4.79 Å². The number of rotatable bonds is 6. The number of aryl methyl sites for hydroxylation is 1. The summed E-state index contributed by atoms with van der Waals surface area (Å²) in [7, 11) is 0. The zero-order valence-electron chi connectivity index (χ0n) is 14.6. The summed E-state index contributed by atoms with van der Waals surface area (Å²) in [5.74, 6) is -0.410. The van der Waals surface area contributed by atoms with Gasteiger partial charge in [-0.2, -0.15) is 0 Å². The molecule has 0 spiro atoms. The van der Waals surface area contributed by atoms with E-state index in [1.807, 2.05) is 6.07 Å². The Morgan fingerprint density at radius 3 is 2.72 bits per heavy atom. The highest BCUT2D eigenvalue weighted by Crippen LogP contribution is 2.20. The van der Waals surface area contributed by atoms with E-state index in [1.165, 1.54) is 12.0 Å². The second-order valence-electron chi connectivity index (χ2n) is 6.53. The standard InChI is InChI=1S/C20H26N4O/c21-20(25)18-16-22-10-9-19(18)24-13-5-12-23(14-15-24)11-4-8-17-6-2-1-3-7-17/h1-3,6-7,9-10,16H,4-5,8,11-15H2,(H2,21,25). The minimum atomic E-state index is -0.410. The van der Waals surface area contributed by atoms with Gasteiger partial charge in [-0.15, -0.1) is 0 Å². The zero-order chi connectivity index (χ0) is 17.5. The number of hydrogen-bond acceptors (Lipinski definition) is 4. The van der Waals surface area contributed by atoms with Gasteiger partial charge in [-0.1, -0.05) is 30.3 Å². The zero-order valence-corrected chi connectivity index (χ0v) is 14.6. The van der Waals surface area contributed by atoms with E-state index in [1.54, 1.807) is 12.4 Å². The van der Waals surface area contributed by atoms with Gasteiger partial charge in [-0.25, -0.2) is 0 Å². The summed E-state index contributed by atoms with van der Waals surface area (Å²) in [4.78, 5) is 20.5. The van der Waals surface area contributed by atoms with Crippen LogP contribution in [0.15, 0.2) is 48.8 Å². The molecule has 2 N–H and O–H groups in total. The monoisotopic (exact) mass is 338 g/mol. The van der Waals surface area contributed by atoms with E-state index in [0.29, 0.717) is 5.56 Å². The lowest BCUT2D eigenvalue weighted by Crippen LogP contribution is -2.32. The number of anilines is 1. The summed E-state index contributed by atoms with van der Waals surface area (Å²) < 4.78 is 0. The van der Waals surface area contributed by atoms with E-state index in [9.17, 15) is 4.79 Å². The van der Waals surface area contributed by atoms with Gasteiger partial charge in [-0.05, 0) is 44.0 Å². The van der Waals surface area contributed by atoms with E-state index in [2.05, 4.69) is 45.1 Å². The maximum absolute atomic E-state index is 11.6. The molecule has 25 heavy (non-hydrogen) atoms. The number of primary amides is 1. The Hall–Kier alpha value is -2.40. The molecule has 132 valence electrons. The predicted molar refractivity (Wildman–Crippen MR) is 101 cm³/mol. The first-order valence-corrected chi connectivity index (χ1v) is 8.99. The molecule has 0 radical (unpaired) electrons. The molecule has 0 unspecified atom stereocenters. The molecule has 0 bridgehead atoms. The van der Waals surface area contributed by atoms with Gasteiger partial charge in [0.1, 0.15) is 0 Å². The highest BCUT2D eigenvalue weighted by molar-refractivity contribution is 5.98. The highest BCUT2D eigenvalue weighted by atomic mass is 16.1. The Bertz CT molecular complexity index is 689. The molecule has 1 fully saturated rings. The number of nitrogens with two attached hydrogens (primary N) is 1. The van der Waals surface area contributed by atoms with Gasteiger partial charge in [0.15, 0.2) is 0 Å². The molecule has 1 amide bonds. The van der Waals surface area contributed by atoms with Crippen molar-refractivity contribution in [3.05, 3.63) is 59.9 Å². The molecular formula is C20H26N4O. The maximum atomic E-state index is 11.6. The van der Waals surface area contributed by atoms with E-state index < -0.39 is 5.91 Å². The van der Waals surface area contributed by atoms with Crippen molar-refractivity contribution in [1.82, 2.24) is 9.88 Å². The number of nitrogens with zero attached hydrogens (tertiary/aromatic N) is 3. The Morgan fingerprint density at radius 2 is 1.92 bits per heavy atom. The average Bonchev–Trinajstić information content (AvgIpc) is 2.88. The Kier molecular flexibility index (Phi) is 6.01. The van der Waals surface area contributed by atoms with Gasteiger partial charge in [0, 0.05) is 32.0 Å². The van der Waals surface area contributed by atoms with Crippen LogP contribution in [0, 0.1) is 0 Å². The second kappa shape index (κ2) is 8.62. The number of pyridine rings is 1. The molecular weight excluding hydrogens is 312 g/mol. The molecule has 3 rings (SSSR count). The first kappa shape index (κ1) is 17.4. The Balaban J connectivity index is 1.53. The average molecular weight is 338 g/mol. The topological polar surface area (TPSA) is 62.5 Å². The molecule has 1 aromatic carbocycles. The fourth-order valence-corrected chi connectivity index (χ4v) is 3.44. The Labute approximate surface area is 149 Å². The Morgan fingerprint density at radius 1 is 1.08 bits per heavy atom. The van der Waals surface area contributed by atoms with E-state index in [-0.39, 0.29) is 0 Å². The smallest absolute Gasteiger partial charge is 0.252 e. The molecule has 5 nitrogen and oxygen atoms in total. The third-order valence-corrected chi connectivity index (χ3v) is 4.78. The minimum absolute atomic E-state index is 0.410. The lowest BCUT2D eigenvalue weighted by molar-refractivity contribution is 0.100. The van der Waals surface area contributed by atoms with Crippen molar-refractivity contribution >= 4 is 11.6 Å². The summed E-state index contributed by atoms with van der Waals surface area (Å²) in [6, 6.07) is 12.5. The van der Waals surface area contributed by atoms with E-state index >= 15 is 0 Å². The fourth-order valence-electron chi connectivity index (χ4n) is 3.44. The summed E-state index contributed by atoms with van der Waals surface area (Å²) in [5, 5.41) is 0. The van der Waals surface area contributed by atoms with Crippen LogP contribution in [-0.2, 0) is 6.42 Å². The van der Waals surface area contributed by atoms with E-state index in [4.69, 9.17) is 5.73 Å².